The molecule has 0 unspecified atom stereocenters. The molecule has 1 saturated carbocycles. The fourth-order valence-electron chi connectivity index (χ4n) is 2.33. The summed E-state index contributed by atoms with van der Waals surface area (Å²) in [6, 6.07) is 5.37. The topological polar surface area (TPSA) is 94.0 Å². The normalized spacial score (nSPS) is 15.4. The average Bonchev–Trinajstić information content (AvgIpc) is 2.94. The van der Waals surface area contributed by atoms with Crippen molar-refractivity contribution < 1.29 is 13.7 Å². The molecule has 0 radical (unpaired) electrons. The van der Waals surface area contributed by atoms with Crippen LogP contribution in [0.25, 0.3) is 0 Å². The lowest BCUT2D eigenvalue weighted by Gasteiger charge is -2.34. The summed E-state index contributed by atoms with van der Waals surface area (Å²) in [4.78, 5) is 16.1. The lowest BCUT2D eigenvalue weighted by molar-refractivity contribution is 0.0953. The largest absolute Gasteiger partial charge is 0.352 e. The first-order chi connectivity index (χ1) is 10.6. The molecule has 8 heteroatoms. The third kappa shape index (κ3) is 3.86. The smallest absolute Gasteiger partial charge is 0.251 e. The Morgan fingerprint density at radius 3 is 2.65 bits per heavy atom. The molecule has 1 fully saturated rings. The van der Waals surface area contributed by atoms with Crippen LogP contribution in [0.3, 0.4) is 0 Å². The van der Waals surface area contributed by atoms with Crippen molar-refractivity contribution in [2.75, 3.05) is 6.54 Å². The molecule has 1 heterocycles. The van der Waals surface area contributed by atoms with Crippen LogP contribution in [0, 0.1) is 5.82 Å². The SMILES string of the molecule is Cl.NC1(c2noc(CCNC(=O)c3ccc(F)cc3)n2)CCC1. The predicted octanol–water partition coefficient (Wildman–Crippen LogP) is 1.94. The number of aromatic nitrogens is 2. The summed E-state index contributed by atoms with van der Waals surface area (Å²) < 4.78 is 17.9. The number of nitrogens with two attached hydrogens (primary N) is 1. The molecule has 23 heavy (non-hydrogen) atoms. The second-order valence-electron chi connectivity index (χ2n) is 5.53. The van der Waals surface area contributed by atoms with Crippen LogP contribution in [0.15, 0.2) is 28.8 Å². The highest BCUT2D eigenvalue weighted by Crippen LogP contribution is 2.36. The number of rotatable bonds is 5. The van der Waals surface area contributed by atoms with Crippen LogP contribution in [-0.2, 0) is 12.0 Å². The number of hydrogen-bond acceptors (Lipinski definition) is 5. The number of amides is 1. The van der Waals surface area contributed by atoms with Gasteiger partial charge in [-0.15, -0.1) is 12.4 Å². The van der Waals surface area contributed by atoms with Gasteiger partial charge >= 0.3 is 0 Å². The summed E-state index contributed by atoms with van der Waals surface area (Å²) >= 11 is 0. The van der Waals surface area contributed by atoms with Crippen molar-refractivity contribution in [3.05, 3.63) is 47.4 Å². The zero-order valence-corrected chi connectivity index (χ0v) is 13.2. The molecule has 6 nitrogen and oxygen atoms in total. The number of carbonyl (C=O) groups is 1. The Labute approximate surface area is 139 Å². The number of hydrogen-bond donors (Lipinski definition) is 2. The third-order valence-corrected chi connectivity index (χ3v) is 3.89. The van der Waals surface area contributed by atoms with Crippen LogP contribution >= 0.6 is 12.4 Å². The second kappa shape index (κ2) is 7.06. The summed E-state index contributed by atoms with van der Waals surface area (Å²) in [5.41, 5.74) is 6.08. The Kier molecular flexibility index (Phi) is 5.33. The van der Waals surface area contributed by atoms with Crippen molar-refractivity contribution in [3.63, 3.8) is 0 Å². The molecule has 0 saturated heterocycles. The van der Waals surface area contributed by atoms with Crippen LogP contribution < -0.4 is 11.1 Å². The van der Waals surface area contributed by atoms with Gasteiger partial charge in [0, 0.05) is 18.5 Å². The highest BCUT2D eigenvalue weighted by atomic mass is 35.5. The van der Waals surface area contributed by atoms with Crippen LogP contribution in [-0.4, -0.2) is 22.6 Å². The first kappa shape index (κ1) is 17.4. The predicted molar refractivity (Wildman–Crippen MR) is 83.7 cm³/mol. The first-order valence-electron chi connectivity index (χ1n) is 7.22. The number of nitrogens with zero attached hydrogens (tertiary/aromatic N) is 2. The number of halogens is 2. The molecule has 1 aliphatic rings. The second-order valence-corrected chi connectivity index (χ2v) is 5.53. The zero-order chi connectivity index (χ0) is 15.6. The summed E-state index contributed by atoms with van der Waals surface area (Å²) in [6.45, 7) is 0.357. The van der Waals surface area contributed by atoms with Gasteiger partial charge < -0.3 is 15.6 Å². The monoisotopic (exact) mass is 340 g/mol. The van der Waals surface area contributed by atoms with Gasteiger partial charge in [-0.05, 0) is 43.5 Å². The maximum atomic E-state index is 12.8. The number of carbonyl (C=O) groups excluding carboxylic acids is 1. The van der Waals surface area contributed by atoms with E-state index < -0.39 is 5.54 Å². The molecular weight excluding hydrogens is 323 g/mol. The van der Waals surface area contributed by atoms with Gasteiger partial charge in [0.05, 0.1) is 5.54 Å². The van der Waals surface area contributed by atoms with E-state index in [2.05, 4.69) is 15.5 Å². The number of benzene rings is 1. The molecule has 2 aromatic rings. The van der Waals surface area contributed by atoms with Gasteiger partial charge in [0.25, 0.3) is 5.91 Å². The standard InChI is InChI=1S/C15H17FN4O2.ClH/c16-11-4-2-10(3-5-11)13(21)18-9-6-12-19-14(20-22-12)15(17)7-1-8-15;/h2-5H,1,6-9,17H2,(H,18,21);1H. The Morgan fingerprint density at radius 2 is 2.04 bits per heavy atom. The quantitative estimate of drug-likeness (QED) is 0.867. The van der Waals surface area contributed by atoms with E-state index >= 15 is 0 Å². The molecule has 124 valence electrons. The van der Waals surface area contributed by atoms with Crippen molar-refractivity contribution in [1.82, 2.24) is 15.5 Å². The Balaban J connectivity index is 0.00000192. The van der Waals surface area contributed by atoms with E-state index in [1.54, 1.807) is 0 Å². The van der Waals surface area contributed by atoms with Crippen molar-refractivity contribution in [1.29, 1.82) is 0 Å². The molecule has 3 rings (SSSR count). The van der Waals surface area contributed by atoms with E-state index in [9.17, 15) is 9.18 Å². The van der Waals surface area contributed by atoms with Gasteiger partial charge in [0.2, 0.25) is 5.89 Å². The first-order valence-corrected chi connectivity index (χ1v) is 7.22. The van der Waals surface area contributed by atoms with Crippen LogP contribution in [0.5, 0.6) is 0 Å². The Bertz CT molecular complexity index is 670. The minimum Gasteiger partial charge on any atom is -0.352 e. The molecule has 0 bridgehead atoms. The minimum absolute atomic E-state index is 0. The number of nitrogens with one attached hydrogen (secondary N) is 1. The van der Waals surface area contributed by atoms with Crippen molar-refractivity contribution in [3.8, 4) is 0 Å². The lowest BCUT2D eigenvalue weighted by atomic mass is 9.77. The molecule has 1 amide bonds. The van der Waals surface area contributed by atoms with Gasteiger partial charge in [-0.3, -0.25) is 4.79 Å². The Hall–Kier alpha value is -1.99. The van der Waals surface area contributed by atoms with E-state index in [0.29, 0.717) is 30.2 Å². The molecular formula is C15H18ClFN4O2. The summed E-state index contributed by atoms with van der Waals surface area (Å²) in [7, 11) is 0. The van der Waals surface area contributed by atoms with E-state index in [1.807, 2.05) is 0 Å². The van der Waals surface area contributed by atoms with Gasteiger partial charge in [-0.2, -0.15) is 4.98 Å². The van der Waals surface area contributed by atoms with Crippen LogP contribution in [0.1, 0.15) is 41.3 Å². The molecule has 0 spiro atoms. The summed E-state index contributed by atoms with van der Waals surface area (Å²) in [5, 5.41) is 6.63. The minimum atomic E-state index is -0.445. The average molecular weight is 341 g/mol. The fraction of sp³-hybridized carbons (Fsp3) is 0.400. The van der Waals surface area contributed by atoms with E-state index in [1.165, 1.54) is 24.3 Å². The van der Waals surface area contributed by atoms with Gasteiger partial charge in [-0.1, -0.05) is 5.16 Å². The summed E-state index contributed by atoms with van der Waals surface area (Å²) in [5.74, 6) is 0.348. The maximum absolute atomic E-state index is 12.8. The molecule has 1 aromatic carbocycles. The highest BCUT2D eigenvalue weighted by Gasteiger charge is 2.38. The lowest BCUT2D eigenvalue weighted by Crippen LogP contribution is -2.44. The highest BCUT2D eigenvalue weighted by molar-refractivity contribution is 5.94. The van der Waals surface area contributed by atoms with E-state index in [4.69, 9.17) is 10.3 Å². The Morgan fingerprint density at radius 1 is 1.35 bits per heavy atom. The third-order valence-electron chi connectivity index (χ3n) is 3.89. The molecule has 1 aliphatic carbocycles. The van der Waals surface area contributed by atoms with E-state index in [-0.39, 0.29) is 24.1 Å². The maximum Gasteiger partial charge on any atom is 0.251 e. The van der Waals surface area contributed by atoms with Gasteiger partial charge in [0.15, 0.2) is 5.82 Å². The zero-order valence-electron chi connectivity index (χ0n) is 12.4. The molecule has 0 atom stereocenters. The van der Waals surface area contributed by atoms with E-state index in [0.717, 1.165) is 19.3 Å². The summed E-state index contributed by atoms with van der Waals surface area (Å²) in [6.07, 6.45) is 3.24. The van der Waals surface area contributed by atoms with Crippen LogP contribution in [0.2, 0.25) is 0 Å². The molecule has 1 aromatic heterocycles. The van der Waals surface area contributed by atoms with Crippen molar-refractivity contribution >= 4 is 18.3 Å². The van der Waals surface area contributed by atoms with Crippen molar-refractivity contribution in [2.45, 2.75) is 31.2 Å². The molecule has 0 aliphatic heterocycles. The fourth-order valence-corrected chi connectivity index (χ4v) is 2.33. The molecule has 3 N–H and O–H groups in total. The van der Waals surface area contributed by atoms with Crippen LogP contribution in [0.4, 0.5) is 4.39 Å². The van der Waals surface area contributed by atoms with Gasteiger partial charge in [0.1, 0.15) is 5.82 Å². The van der Waals surface area contributed by atoms with Crippen molar-refractivity contribution in [2.24, 2.45) is 5.73 Å². The van der Waals surface area contributed by atoms with Gasteiger partial charge in [-0.25, -0.2) is 4.39 Å².